The Morgan fingerprint density at radius 1 is 0.936 bits per heavy atom. The number of carbonyl (C=O) groups excluding carboxylic acids is 2. The Hall–Kier alpha value is -1.14. The number of epoxide rings is 1. The molecule has 2 heterocycles. The van der Waals surface area contributed by atoms with Crippen LogP contribution in [0, 0.1) is 50.7 Å². The zero-order chi connectivity index (χ0) is 34.3. The van der Waals surface area contributed by atoms with Gasteiger partial charge in [-0.1, -0.05) is 34.6 Å². The second-order valence-electron chi connectivity index (χ2n) is 18.4. The van der Waals surface area contributed by atoms with E-state index in [0.29, 0.717) is 12.3 Å². The highest BCUT2D eigenvalue weighted by molar-refractivity contribution is 5.90. The Labute approximate surface area is 279 Å². The summed E-state index contributed by atoms with van der Waals surface area (Å²) in [5.74, 6) is -0.211. The van der Waals surface area contributed by atoms with Crippen LogP contribution < -0.4 is 0 Å². The molecule has 2 aliphatic heterocycles. The monoisotopic (exact) mass is 662 g/mol. The number of ketones is 1. The SMILES string of the molecule is CC(=O)O[C@H](C[C@@H](C)[C@H]1C(=O)[C@H](O)[C@@]2(C)[C@@H]3CCC4C(C)(C)[C@@H](O[C@@H]5OC[C@@H](O)[C@H](O)[C@H]5O)CC[C@@]45C[C@@]35CC[C@]12C)[C@@H]1OC1(C)C. The first-order chi connectivity index (χ1) is 21.8. The predicted molar refractivity (Wildman–Crippen MR) is 170 cm³/mol. The van der Waals surface area contributed by atoms with Gasteiger partial charge >= 0.3 is 5.97 Å². The van der Waals surface area contributed by atoms with E-state index < -0.39 is 42.2 Å². The van der Waals surface area contributed by atoms with Crippen molar-refractivity contribution < 1.29 is 49.0 Å². The fraction of sp³-hybridized carbons (Fsp3) is 0.946. The van der Waals surface area contributed by atoms with Crippen LogP contribution in [0.1, 0.15) is 107 Å². The molecule has 2 saturated heterocycles. The summed E-state index contributed by atoms with van der Waals surface area (Å²) >= 11 is 0. The molecule has 0 aromatic carbocycles. The summed E-state index contributed by atoms with van der Waals surface area (Å²) < 4.78 is 23.7. The summed E-state index contributed by atoms with van der Waals surface area (Å²) in [6, 6.07) is 0. The summed E-state index contributed by atoms with van der Waals surface area (Å²) in [6.07, 6.45) is 0.666. The summed E-state index contributed by atoms with van der Waals surface area (Å²) in [7, 11) is 0. The number of ether oxygens (including phenoxy) is 4. The van der Waals surface area contributed by atoms with Crippen molar-refractivity contribution in [2.75, 3.05) is 6.61 Å². The summed E-state index contributed by atoms with van der Waals surface area (Å²) in [4.78, 5) is 26.3. The smallest absolute Gasteiger partial charge is 0.302 e. The molecule has 0 aromatic rings. The number of carbonyl (C=O) groups is 2. The number of fused-ring (bicyclic) bond motifs is 2. The highest BCUT2D eigenvalue weighted by Gasteiger charge is 2.84. The first-order valence-corrected chi connectivity index (χ1v) is 18.2. The Bertz CT molecular complexity index is 1300. The maximum atomic E-state index is 14.2. The van der Waals surface area contributed by atoms with E-state index >= 15 is 0 Å². The van der Waals surface area contributed by atoms with Gasteiger partial charge in [0.2, 0.25) is 0 Å². The topological polar surface area (TPSA) is 155 Å². The fourth-order valence-electron chi connectivity index (χ4n) is 13.2. The number of aliphatic hydroxyl groups is 4. The van der Waals surface area contributed by atoms with Gasteiger partial charge < -0.3 is 39.4 Å². The van der Waals surface area contributed by atoms with Gasteiger partial charge in [-0.3, -0.25) is 9.59 Å². The van der Waals surface area contributed by atoms with Crippen LogP contribution in [0.4, 0.5) is 0 Å². The van der Waals surface area contributed by atoms with Crippen molar-refractivity contribution in [1.82, 2.24) is 0 Å². The Kier molecular flexibility index (Phi) is 7.80. The van der Waals surface area contributed by atoms with Crippen LogP contribution in [0.25, 0.3) is 0 Å². The Morgan fingerprint density at radius 3 is 2.21 bits per heavy atom. The molecule has 0 amide bonds. The average molecular weight is 663 g/mol. The normalized spacial score (nSPS) is 53.5. The van der Waals surface area contributed by atoms with Gasteiger partial charge in [-0.25, -0.2) is 0 Å². The van der Waals surface area contributed by atoms with Gasteiger partial charge in [0.05, 0.1) is 18.3 Å². The van der Waals surface area contributed by atoms with E-state index in [-0.39, 0.29) is 75.6 Å². The fourth-order valence-corrected chi connectivity index (χ4v) is 13.2. The van der Waals surface area contributed by atoms with E-state index in [4.69, 9.17) is 18.9 Å². The largest absolute Gasteiger partial charge is 0.460 e. The van der Waals surface area contributed by atoms with Crippen molar-refractivity contribution in [3.05, 3.63) is 0 Å². The molecule has 4 N–H and O–H groups in total. The summed E-state index contributed by atoms with van der Waals surface area (Å²) in [5, 5.41) is 42.8. The van der Waals surface area contributed by atoms with Gasteiger partial charge in [-0.05, 0) is 105 Å². The molecule has 2 spiro atoms. The summed E-state index contributed by atoms with van der Waals surface area (Å²) in [6.45, 7) is 16.4. The Morgan fingerprint density at radius 2 is 1.57 bits per heavy atom. The third kappa shape index (κ3) is 4.53. The molecule has 10 nitrogen and oxygen atoms in total. The molecule has 0 aromatic heterocycles. The van der Waals surface area contributed by atoms with Crippen molar-refractivity contribution >= 4 is 11.8 Å². The minimum Gasteiger partial charge on any atom is -0.460 e. The van der Waals surface area contributed by atoms with Crippen LogP contribution in [0.5, 0.6) is 0 Å². The van der Waals surface area contributed by atoms with Crippen LogP contribution in [-0.2, 0) is 28.5 Å². The van der Waals surface area contributed by atoms with E-state index in [2.05, 4.69) is 34.6 Å². The number of Topliss-reactive ketones (excluding diaryl/α,β-unsaturated/α-hetero) is 1. The van der Waals surface area contributed by atoms with E-state index in [1.165, 1.54) is 6.92 Å². The van der Waals surface area contributed by atoms with Gasteiger partial charge in [-0.2, -0.15) is 0 Å². The van der Waals surface area contributed by atoms with E-state index in [1.54, 1.807) is 0 Å². The van der Waals surface area contributed by atoms with Crippen LogP contribution >= 0.6 is 0 Å². The molecule has 10 heteroatoms. The number of rotatable bonds is 7. The quantitative estimate of drug-likeness (QED) is 0.181. The first-order valence-electron chi connectivity index (χ1n) is 18.2. The maximum Gasteiger partial charge on any atom is 0.302 e. The van der Waals surface area contributed by atoms with Crippen LogP contribution in [0.3, 0.4) is 0 Å². The van der Waals surface area contributed by atoms with E-state index in [9.17, 15) is 30.0 Å². The molecule has 0 bridgehead atoms. The number of hydrogen-bond donors (Lipinski definition) is 4. The van der Waals surface area contributed by atoms with Crippen molar-refractivity contribution in [3.8, 4) is 0 Å². The molecule has 1 unspecified atom stereocenters. The lowest BCUT2D eigenvalue weighted by molar-refractivity contribution is -0.303. The highest BCUT2D eigenvalue weighted by Crippen LogP contribution is 2.89. The van der Waals surface area contributed by atoms with Gasteiger partial charge in [0.1, 0.15) is 36.6 Å². The molecule has 5 aliphatic carbocycles. The van der Waals surface area contributed by atoms with Crippen molar-refractivity contribution in [2.24, 2.45) is 50.7 Å². The molecule has 47 heavy (non-hydrogen) atoms. The minimum atomic E-state index is -1.31. The number of hydrogen-bond acceptors (Lipinski definition) is 10. The van der Waals surface area contributed by atoms with Crippen LogP contribution in [0.15, 0.2) is 0 Å². The molecule has 7 aliphatic rings. The predicted octanol–water partition coefficient (Wildman–Crippen LogP) is 3.53. The van der Waals surface area contributed by atoms with Gasteiger partial charge in [0.15, 0.2) is 12.1 Å². The van der Waals surface area contributed by atoms with Gasteiger partial charge in [0, 0.05) is 18.3 Å². The highest BCUT2D eigenvalue weighted by atomic mass is 16.7. The average Bonchev–Trinajstić information content (AvgIpc) is 3.84. The van der Waals surface area contributed by atoms with Crippen LogP contribution in [-0.4, -0.2) is 93.4 Å². The molecule has 7 fully saturated rings. The molecular formula is C37H58O10. The molecular weight excluding hydrogens is 604 g/mol. The van der Waals surface area contributed by atoms with Crippen molar-refractivity contribution in [2.45, 2.75) is 161 Å². The van der Waals surface area contributed by atoms with E-state index in [0.717, 1.165) is 44.9 Å². The van der Waals surface area contributed by atoms with Gasteiger partial charge in [-0.15, -0.1) is 0 Å². The van der Waals surface area contributed by atoms with Crippen molar-refractivity contribution in [3.63, 3.8) is 0 Å². The molecule has 266 valence electrons. The third-order valence-corrected chi connectivity index (χ3v) is 15.7. The molecule has 0 radical (unpaired) electrons. The first kappa shape index (κ1) is 34.3. The second-order valence-corrected chi connectivity index (χ2v) is 18.4. The second kappa shape index (κ2) is 10.7. The zero-order valence-corrected chi connectivity index (χ0v) is 29.5. The van der Waals surface area contributed by atoms with E-state index in [1.807, 2.05) is 13.8 Å². The van der Waals surface area contributed by atoms with Gasteiger partial charge in [0.25, 0.3) is 0 Å². The molecule has 16 atom stereocenters. The Balaban J connectivity index is 1.12. The lowest BCUT2D eigenvalue weighted by Gasteiger charge is -2.63. The minimum absolute atomic E-state index is 0.0512. The standard InChI is InChI=1S/C37H58O10/c1-18(15-21(45-19(2)38)30-33(5,6)47-30)25-27(41)29(43)35(8)23-10-9-22-32(3,4)24(46-31-28(42)26(40)20(39)16-44-31)11-12-36(22)17-37(23,36)14-13-34(25,35)7/h18,20-26,28-31,39-40,42-43H,9-17H2,1-8H3/t18-,20-,21-,22?,23+,24+,25+,26+,28-,29+,30+,31+,34-,35-,36-,37+/m1/s1. The lowest BCUT2D eigenvalue weighted by Crippen LogP contribution is -2.61. The number of aliphatic hydroxyl groups excluding tert-OH is 4. The lowest BCUT2D eigenvalue weighted by atomic mass is 9.41. The number of esters is 1. The summed E-state index contributed by atoms with van der Waals surface area (Å²) in [5.41, 5.74) is -1.34. The maximum absolute atomic E-state index is 14.2. The third-order valence-electron chi connectivity index (χ3n) is 15.7. The molecule has 7 rings (SSSR count). The van der Waals surface area contributed by atoms with Crippen molar-refractivity contribution in [1.29, 1.82) is 0 Å². The van der Waals surface area contributed by atoms with Crippen LogP contribution in [0.2, 0.25) is 0 Å². The molecule has 5 saturated carbocycles. The zero-order valence-electron chi connectivity index (χ0n) is 29.5.